The van der Waals surface area contributed by atoms with Crippen LogP contribution in [0.3, 0.4) is 0 Å². The average molecular weight is 465 g/mol. The van der Waals surface area contributed by atoms with Crippen molar-refractivity contribution in [2.24, 2.45) is 0 Å². The highest BCUT2D eigenvalue weighted by Gasteiger charge is 2.69. The molecule has 2 saturated heterocycles. The highest BCUT2D eigenvalue weighted by atomic mass is 35.6. The van der Waals surface area contributed by atoms with Crippen LogP contribution in [0.1, 0.15) is 12.0 Å². The number of alkyl halides is 3. The molecule has 0 radical (unpaired) electrons. The van der Waals surface area contributed by atoms with Crippen molar-refractivity contribution in [2.75, 3.05) is 13.7 Å². The molecule has 0 saturated carbocycles. The van der Waals surface area contributed by atoms with E-state index < -0.39 is 33.2 Å². The van der Waals surface area contributed by atoms with Crippen LogP contribution < -0.4 is 10.1 Å². The third kappa shape index (κ3) is 3.97. The van der Waals surface area contributed by atoms with Gasteiger partial charge in [-0.2, -0.15) is 0 Å². The molecule has 7 nitrogen and oxygen atoms in total. The number of ether oxygens (including phenoxy) is 4. The maximum atomic E-state index is 12.0. The molecule has 0 spiro atoms. The first-order valence-electron chi connectivity index (χ1n) is 9.03. The van der Waals surface area contributed by atoms with Crippen molar-refractivity contribution in [3.05, 3.63) is 42.0 Å². The zero-order chi connectivity index (χ0) is 20.9. The molecule has 0 aromatic heterocycles. The number of methoxy groups -OCH3 is 1. The molecule has 10 heteroatoms. The van der Waals surface area contributed by atoms with Crippen LogP contribution >= 0.6 is 34.8 Å². The van der Waals surface area contributed by atoms with Gasteiger partial charge in [-0.1, -0.05) is 53.0 Å². The molecule has 158 valence electrons. The SMILES string of the molecule is COc1ccc(CO[C@]23C=C[C@@H]4O[C@@H]4[C@@]2(O)C[C@H](NC(=O)C(Cl)(Cl)Cl)CO3)cc1. The van der Waals surface area contributed by atoms with Crippen molar-refractivity contribution in [2.45, 2.75) is 46.5 Å². The molecule has 0 bridgehead atoms. The lowest BCUT2D eigenvalue weighted by Crippen LogP contribution is -2.68. The Labute approximate surface area is 182 Å². The van der Waals surface area contributed by atoms with Gasteiger partial charge in [-0.05, 0) is 23.8 Å². The van der Waals surface area contributed by atoms with Crippen LogP contribution in [0.4, 0.5) is 0 Å². The predicted octanol–water partition coefficient (Wildman–Crippen LogP) is 2.25. The molecule has 1 amide bonds. The highest BCUT2D eigenvalue weighted by Crippen LogP contribution is 2.51. The molecular weight excluding hydrogens is 445 g/mol. The van der Waals surface area contributed by atoms with E-state index in [1.54, 1.807) is 13.2 Å². The lowest BCUT2D eigenvalue weighted by molar-refractivity contribution is -0.328. The molecular formula is C19H20Cl3NO6. The molecule has 2 fully saturated rings. The van der Waals surface area contributed by atoms with E-state index in [-0.39, 0.29) is 25.7 Å². The van der Waals surface area contributed by atoms with Crippen LogP contribution in [0.25, 0.3) is 0 Å². The molecule has 4 rings (SSSR count). The van der Waals surface area contributed by atoms with Crippen LogP contribution in [0.5, 0.6) is 5.75 Å². The fourth-order valence-corrected chi connectivity index (χ4v) is 3.96. The summed E-state index contributed by atoms with van der Waals surface area (Å²) in [4.78, 5) is 12.0. The van der Waals surface area contributed by atoms with E-state index in [2.05, 4.69) is 5.32 Å². The van der Waals surface area contributed by atoms with Gasteiger partial charge in [0, 0.05) is 6.42 Å². The Balaban J connectivity index is 1.50. The number of hydrogen-bond acceptors (Lipinski definition) is 6. The van der Waals surface area contributed by atoms with E-state index >= 15 is 0 Å². The first-order chi connectivity index (χ1) is 13.7. The molecule has 2 aliphatic heterocycles. The zero-order valence-corrected chi connectivity index (χ0v) is 17.7. The summed E-state index contributed by atoms with van der Waals surface area (Å²) in [5, 5.41) is 14.1. The summed E-state index contributed by atoms with van der Waals surface area (Å²) in [5.74, 6) is -1.46. The van der Waals surface area contributed by atoms with Crippen molar-refractivity contribution < 1.29 is 28.8 Å². The fraction of sp³-hybridized carbons (Fsp3) is 0.526. The van der Waals surface area contributed by atoms with Gasteiger partial charge in [-0.25, -0.2) is 0 Å². The Hall–Kier alpha value is -1.06. The summed E-state index contributed by atoms with van der Waals surface area (Å²) in [7, 11) is 1.59. The third-order valence-electron chi connectivity index (χ3n) is 5.37. The van der Waals surface area contributed by atoms with Gasteiger partial charge in [0.1, 0.15) is 18.0 Å². The number of amides is 1. The number of nitrogens with one attached hydrogen (secondary N) is 1. The normalized spacial score (nSPS) is 35.4. The molecule has 2 N–H and O–H groups in total. The minimum atomic E-state index is -2.10. The second-order valence-corrected chi connectivity index (χ2v) is 9.57. The fourth-order valence-electron chi connectivity index (χ4n) is 3.80. The number of carbonyl (C=O) groups excluding carboxylic acids is 1. The van der Waals surface area contributed by atoms with Crippen LogP contribution in [0.2, 0.25) is 0 Å². The van der Waals surface area contributed by atoms with Crippen molar-refractivity contribution >= 4 is 40.7 Å². The largest absolute Gasteiger partial charge is 0.497 e. The molecule has 5 atom stereocenters. The van der Waals surface area contributed by atoms with E-state index in [0.29, 0.717) is 0 Å². The lowest BCUT2D eigenvalue weighted by atomic mass is 9.76. The summed E-state index contributed by atoms with van der Waals surface area (Å²) in [6, 6.07) is 6.80. The van der Waals surface area contributed by atoms with Gasteiger partial charge < -0.3 is 29.4 Å². The van der Waals surface area contributed by atoms with Gasteiger partial charge in [0.2, 0.25) is 5.79 Å². The molecule has 0 unspecified atom stereocenters. The van der Waals surface area contributed by atoms with Crippen LogP contribution in [0, 0.1) is 0 Å². The average Bonchev–Trinajstić information content (AvgIpc) is 3.47. The van der Waals surface area contributed by atoms with E-state index in [1.165, 1.54) is 0 Å². The smallest absolute Gasteiger partial charge is 0.272 e. The molecule has 1 aromatic rings. The Morgan fingerprint density at radius 2 is 2.07 bits per heavy atom. The van der Waals surface area contributed by atoms with Crippen LogP contribution in [-0.2, 0) is 25.6 Å². The molecule has 3 aliphatic rings. The number of hydrogen-bond donors (Lipinski definition) is 2. The summed E-state index contributed by atoms with van der Waals surface area (Å²) in [6.45, 7) is 0.262. The number of rotatable bonds is 5. The number of halogens is 3. The highest BCUT2D eigenvalue weighted by molar-refractivity contribution is 6.76. The third-order valence-corrected chi connectivity index (χ3v) is 5.88. The number of epoxide rings is 1. The van der Waals surface area contributed by atoms with Crippen LogP contribution in [-0.4, -0.2) is 58.2 Å². The van der Waals surface area contributed by atoms with Gasteiger partial charge in [-0.15, -0.1) is 0 Å². The summed E-state index contributed by atoms with van der Waals surface area (Å²) >= 11 is 16.9. The van der Waals surface area contributed by atoms with Gasteiger partial charge in [0.25, 0.3) is 9.70 Å². The Kier molecular flexibility index (Phi) is 5.53. The number of carbonyl (C=O) groups is 1. The molecule has 1 aromatic carbocycles. The predicted molar refractivity (Wildman–Crippen MR) is 106 cm³/mol. The summed E-state index contributed by atoms with van der Waals surface area (Å²) < 4.78 is 20.7. The Morgan fingerprint density at radius 3 is 2.72 bits per heavy atom. The van der Waals surface area contributed by atoms with Gasteiger partial charge >= 0.3 is 0 Å². The van der Waals surface area contributed by atoms with Gasteiger partial charge in [0.15, 0.2) is 5.60 Å². The van der Waals surface area contributed by atoms with Crippen LogP contribution in [0.15, 0.2) is 36.4 Å². The molecule has 2 heterocycles. The monoisotopic (exact) mass is 463 g/mol. The maximum Gasteiger partial charge on any atom is 0.272 e. The van der Waals surface area contributed by atoms with Gasteiger partial charge in [0.05, 0.1) is 26.4 Å². The second-order valence-electron chi connectivity index (χ2n) is 7.29. The van der Waals surface area contributed by atoms with E-state index in [1.807, 2.05) is 30.3 Å². The topological polar surface area (TPSA) is 89.5 Å². The Morgan fingerprint density at radius 1 is 1.34 bits per heavy atom. The van der Waals surface area contributed by atoms with Gasteiger partial charge in [-0.3, -0.25) is 4.79 Å². The zero-order valence-electron chi connectivity index (χ0n) is 15.4. The minimum Gasteiger partial charge on any atom is -0.497 e. The first kappa shape index (κ1) is 21.2. The van der Waals surface area contributed by atoms with Crippen molar-refractivity contribution in [1.29, 1.82) is 0 Å². The Bertz CT molecular complexity index is 813. The minimum absolute atomic E-state index is 0.0686. The van der Waals surface area contributed by atoms with E-state index in [4.69, 9.17) is 53.8 Å². The maximum absolute atomic E-state index is 12.0. The quantitative estimate of drug-likeness (QED) is 0.395. The summed E-state index contributed by atoms with van der Waals surface area (Å²) in [6.07, 6.45) is 2.89. The standard InChI is InChI=1S/C19H20Cl3NO6/c1-26-13-4-2-11(3-5-13)9-27-18-7-6-14-15(29-14)17(18,25)8-12(10-28-18)23-16(24)19(20,21)22/h2-7,12,14-15,25H,8-10H2,1H3,(H,23,24)/t12-,14-,15-,17-,18-/m0/s1. The van der Waals surface area contributed by atoms with Crippen molar-refractivity contribution in [3.63, 3.8) is 0 Å². The molecule has 29 heavy (non-hydrogen) atoms. The summed E-state index contributed by atoms with van der Waals surface area (Å²) in [5.41, 5.74) is -0.632. The van der Waals surface area contributed by atoms with Crippen molar-refractivity contribution in [1.82, 2.24) is 5.32 Å². The molecule has 1 aliphatic carbocycles. The van der Waals surface area contributed by atoms with E-state index in [0.717, 1.165) is 11.3 Å². The first-order valence-corrected chi connectivity index (χ1v) is 10.2. The second kappa shape index (κ2) is 7.57. The lowest BCUT2D eigenvalue weighted by Gasteiger charge is -2.50. The number of aliphatic hydroxyl groups is 1. The van der Waals surface area contributed by atoms with Crippen molar-refractivity contribution in [3.8, 4) is 5.75 Å². The number of benzene rings is 1. The van der Waals surface area contributed by atoms with E-state index in [9.17, 15) is 9.90 Å². The number of fused-ring (bicyclic) bond motifs is 3.